The van der Waals surface area contributed by atoms with E-state index in [0.717, 1.165) is 0 Å². The zero-order valence-electron chi connectivity index (χ0n) is 7.91. The van der Waals surface area contributed by atoms with E-state index in [2.05, 4.69) is 0 Å². The van der Waals surface area contributed by atoms with Crippen molar-refractivity contribution in [3.63, 3.8) is 0 Å². The molecule has 0 aromatic heterocycles. The summed E-state index contributed by atoms with van der Waals surface area (Å²) in [5.74, 6) is -0.0828. The van der Waals surface area contributed by atoms with Crippen molar-refractivity contribution in [2.45, 2.75) is 25.9 Å². The second-order valence-electron chi connectivity index (χ2n) is 3.73. The van der Waals surface area contributed by atoms with Crippen LogP contribution in [0.4, 0.5) is 0 Å². The first kappa shape index (κ1) is 9.93. The maximum Gasteiger partial charge on any atom is 0.165 e. The fourth-order valence-electron chi connectivity index (χ4n) is 1.11. The van der Waals surface area contributed by atoms with Gasteiger partial charge < -0.3 is 0 Å². The molecule has 0 aliphatic rings. The van der Waals surface area contributed by atoms with Gasteiger partial charge in [-0.05, 0) is 13.8 Å². The van der Waals surface area contributed by atoms with E-state index >= 15 is 0 Å². The molecule has 0 amide bonds. The van der Waals surface area contributed by atoms with Gasteiger partial charge in [-0.1, -0.05) is 30.3 Å². The van der Waals surface area contributed by atoms with Crippen LogP contribution >= 0.6 is 0 Å². The van der Waals surface area contributed by atoms with Crippen molar-refractivity contribution < 1.29 is 9.90 Å². The average molecular weight is 177 g/mol. The zero-order valence-corrected chi connectivity index (χ0v) is 7.91. The average Bonchev–Trinajstić information content (AvgIpc) is 2.03. The fraction of sp³-hybridized carbons (Fsp3) is 0.364. The summed E-state index contributed by atoms with van der Waals surface area (Å²) in [7, 11) is 0. The Morgan fingerprint density at radius 2 is 1.77 bits per heavy atom. The van der Waals surface area contributed by atoms with Gasteiger partial charge in [0.05, 0.1) is 0 Å². The highest BCUT2D eigenvalue weighted by molar-refractivity contribution is 5.96. The molecule has 69 valence electrons. The Bertz CT molecular complexity index is 283. The standard InChI is InChI=1S/C11H13O2/c1-11(2,13)8-10(12)9-6-4-3-5-7-9/h3-7H,8H2,1-2H3. The molecule has 0 unspecified atom stereocenters. The van der Waals surface area contributed by atoms with E-state index < -0.39 is 5.60 Å². The third kappa shape index (κ3) is 3.38. The summed E-state index contributed by atoms with van der Waals surface area (Å²) in [6.45, 7) is 3.04. The molecule has 0 fully saturated rings. The van der Waals surface area contributed by atoms with Gasteiger partial charge in [-0.2, -0.15) is 0 Å². The van der Waals surface area contributed by atoms with E-state index in [9.17, 15) is 9.90 Å². The van der Waals surface area contributed by atoms with E-state index in [-0.39, 0.29) is 12.2 Å². The Labute approximate surface area is 78.2 Å². The minimum absolute atomic E-state index is 0.0526. The molecule has 1 rings (SSSR count). The van der Waals surface area contributed by atoms with Crippen LogP contribution in [0, 0.1) is 0 Å². The van der Waals surface area contributed by atoms with Gasteiger partial charge in [0.1, 0.15) is 5.60 Å². The molecule has 0 aliphatic carbocycles. The molecule has 0 atom stereocenters. The molecule has 0 aliphatic heterocycles. The molecule has 0 N–H and O–H groups in total. The molecule has 0 heterocycles. The van der Waals surface area contributed by atoms with Crippen LogP contribution in [-0.4, -0.2) is 11.4 Å². The summed E-state index contributed by atoms with van der Waals surface area (Å²) >= 11 is 0. The Kier molecular flexibility index (Phi) is 2.83. The molecule has 0 bridgehead atoms. The summed E-state index contributed by atoms with van der Waals surface area (Å²) in [5.41, 5.74) is -0.557. The van der Waals surface area contributed by atoms with Gasteiger partial charge in [-0.25, -0.2) is 5.11 Å². The molecule has 0 saturated carbocycles. The molecular weight excluding hydrogens is 164 g/mol. The van der Waals surface area contributed by atoms with Gasteiger partial charge >= 0.3 is 0 Å². The number of hydrogen-bond acceptors (Lipinski definition) is 1. The molecule has 0 spiro atoms. The second-order valence-corrected chi connectivity index (χ2v) is 3.73. The lowest BCUT2D eigenvalue weighted by molar-refractivity contribution is 0.000884. The smallest absolute Gasteiger partial charge is 0.165 e. The van der Waals surface area contributed by atoms with Gasteiger partial charge in [0.15, 0.2) is 5.78 Å². The number of hydrogen-bond donors (Lipinski definition) is 0. The molecule has 2 nitrogen and oxygen atoms in total. The highest BCUT2D eigenvalue weighted by Crippen LogP contribution is 2.13. The third-order valence-electron chi connectivity index (χ3n) is 1.68. The summed E-state index contributed by atoms with van der Waals surface area (Å²) in [5, 5.41) is 11.3. The first-order valence-corrected chi connectivity index (χ1v) is 4.28. The van der Waals surface area contributed by atoms with Crippen LogP contribution in [0.15, 0.2) is 30.3 Å². The SMILES string of the molecule is CC(C)([O])CC(=O)c1ccccc1. The number of carbonyl (C=O) groups is 1. The Morgan fingerprint density at radius 1 is 1.23 bits per heavy atom. The monoisotopic (exact) mass is 177 g/mol. The lowest BCUT2D eigenvalue weighted by atomic mass is 9.98. The van der Waals surface area contributed by atoms with E-state index in [1.807, 2.05) is 6.07 Å². The van der Waals surface area contributed by atoms with Gasteiger partial charge in [0.2, 0.25) is 0 Å². The topological polar surface area (TPSA) is 37.0 Å². The summed E-state index contributed by atoms with van der Waals surface area (Å²) in [4.78, 5) is 11.5. The van der Waals surface area contributed by atoms with Crippen molar-refractivity contribution in [2.24, 2.45) is 0 Å². The van der Waals surface area contributed by atoms with Crippen LogP contribution in [0.2, 0.25) is 0 Å². The highest BCUT2D eigenvalue weighted by atomic mass is 16.3. The Balaban J connectivity index is 2.71. The fourth-order valence-corrected chi connectivity index (χ4v) is 1.11. The van der Waals surface area contributed by atoms with Crippen molar-refractivity contribution in [3.8, 4) is 0 Å². The summed E-state index contributed by atoms with van der Waals surface area (Å²) < 4.78 is 0. The van der Waals surface area contributed by atoms with Gasteiger partial charge in [0, 0.05) is 12.0 Å². The lowest BCUT2D eigenvalue weighted by Gasteiger charge is -2.12. The molecular formula is C11H13O2. The summed E-state index contributed by atoms with van der Waals surface area (Å²) in [6.07, 6.45) is 0.0526. The van der Waals surface area contributed by atoms with Crippen LogP contribution in [0.5, 0.6) is 0 Å². The predicted molar refractivity (Wildman–Crippen MR) is 50.2 cm³/mol. The number of carbonyl (C=O) groups excluding carboxylic acids is 1. The second kappa shape index (κ2) is 3.71. The van der Waals surface area contributed by atoms with Gasteiger partial charge in [-0.3, -0.25) is 4.79 Å². The minimum Gasteiger partial charge on any atom is -0.294 e. The van der Waals surface area contributed by atoms with E-state index in [1.165, 1.54) is 13.8 Å². The van der Waals surface area contributed by atoms with Crippen LogP contribution in [0.25, 0.3) is 0 Å². The van der Waals surface area contributed by atoms with Crippen molar-refractivity contribution in [3.05, 3.63) is 35.9 Å². The number of ketones is 1. The maximum atomic E-state index is 11.5. The highest BCUT2D eigenvalue weighted by Gasteiger charge is 2.20. The van der Waals surface area contributed by atoms with Crippen LogP contribution in [-0.2, 0) is 5.11 Å². The van der Waals surface area contributed by atoms with Crippen LogP contribution in [0.1, 0.15) is 30.6 Å². The quantitative estimate of drug-likeness (QED) is 0.653. The van der Waals surface area contributed by atoms with Crippen molar-refractivity contribution in [1.29, 1.82) is 0 Å². The predicted octanol–water partition coefficient (Wildman–Crippen LogP) is 2.47. The van der Waals surface area contributed by atoms with Crippen LogP contribution < -0.4 is 0 Å². The third-order valence-corrected chi connectivity index (χ3v) is 1.68. The van der Waals surface area contributed by atoms with E-state index in [1.54, 1.807) is 24.3 Å². The van der Waals surface area contributed by atoms with Gasteiger partial charge in [-0.15, -0.1) is 0 Å². The van der Waals surface area contributed by atoms with E-state index in [4.69, 9.17) is 0 Å². The molecule has 1 aromatic carbocycles. The Hall–Kier alpha value is -1.15. The van der Waals surface area contributed by atoms with Crippen LogP contribution in [0.3, 0.4) is 0 Å². The minimum atomic E-state index is -1.17. The molecule has 2 heteroatoms. The first-order chi connectivity index (χ1) is 5.99. The number of benzene rings is 1. The first-order valence-electron chi connectivity index (χ1n) is 4.28. The van der Waals surface area contributed by atoms with Crippen molar-refractivity contribution >= 4 is 5.78 Å². The van der Waals surface area contributed by atoms with Crippen molar-refractivity contribution in [2.75, 3.05) is 0 Å². The normalized spacial score (nSPS) is 11.3. The number of rotatable bonds is 3. The maximum absolute atomic E-state index is 11.5. The molecule has 13 heavy (non-hydrogen) atoms. The summed E-state index contributed by atoms with van der Waals surface area (Å²) in [6, 6.07) is 8.90. The number of Topliss-reactive ketones (excluding diaryl/α,β-unsaturated/α-hetero) is 1. The lowest BCUT2D eigenvalue weighted by Crippen LogP contribution is -2.21. The molecule has 1 aromatic rings. The van der Waals surface area contributed by atoms with Crippen molar-refractivity contribution in [1.82, 2.24) is 0 Å². The Morgan fingerprint density at radius 3 is 2.23 bits per heavy atom. The largest absolute Gasteiger partial charge is 0.294 e. The van der Waals surface area contributed by atoms with E-state index in [0.29, 0.717) is 5.56 Å². The zero-order chi connectivity index (χ0) is 9.90. The van der Waals surface area contributed by atoms with Gasteiger partial charge in [0.25, 0.3) is 0 Å². The molecule has 1 radical (unpaired) electrons. The molecule has 0 saturated heterocycles.